The van der Waals surface area contributed by atoms with Gasteiger partial charge in [0.05, 0.1) is 38.7 Å². The van der Waals surface area contributed by atoms with Crippen LogP contribution < -0.4 is 9.80 Å². The molecular formula is C40H31ClFN5O7S. The van der Waals surface area contributed by atoms with Crippen LogP contribution in [0.1, 0.15) is 36.8 Å². The molecule has 6 unspecified atom stereocenters. The Morgan fingerprint density at radius 2 is 1.73 bits per heavy atom. The average molecular weight is 780 g/mol. The van der Waals surface area contributed by atoms with Gasteiger partial charge in [0, 0.05) is 40.9 Å². The van der Waals surface area contributed by atoms with E-state index in [1.54, 1.807) is 20.0 Å². The number of nitro benzene ring substituents is 1. The number of aryl methyl sites for hydroxylation is 2. The van der Waals surface area contributed by atoms with Crippen LogP contribution in [0.2, 0.25) is 5.02 Å². The maximum atomic E-state index is 15.1. The molecular weight excluding hydrogens is 749 g/mol. The molecule has 12 nitrogen and oxygen atoms in total. The number of aromatic nitrogens is 2. The highest BCUT2D eigenvalue weighted by Crippen LogP contribution is 2.64. The summed E-state index contributed by atoms with van der Waals surface area (Å²) in [6.45, 7) is 3.65. The van der Waals surface area contributed by atoms with E-state index in [0.29, 0.717) is 21.9 Å². The largest absolute Gasteiger partial charge is 0.505 e. The molecule has 2 aliphatic heterocycles. The minimum absolute atomic E-state index is 0.0651. The quantitative estimate of drug-likeness (QED) is 0.0835. The predicted molar refractivity (Wildman–Crippen MR) is 202 cm³/mol. The fourth-order valence-corrected chi connectivity index (χ4v) is 10.8. The van der Waals surface area contributed by atoms with Crippen molar-refractivity contribution in [3.8, 4) is 16.3 Å². The summed E-state index contributed by atoms with van der Waals surface area (Å²) in [5.74, 6) is -7.46. The average Bonchev–Trinajstić information content (AvgIpc) is 3.83. The predicted octanol–water partition coefficient (Wildman–Crippen LogP) is 7.45. The van der Waals surface area contributed by atoms with Crippen LogP contribution in [-0.2, 0) is 26.2 Å². The maximum Gasteiger partial charge on any atom is 0.269 e. The summed E-state index contributed by atoms with van der Waals surface area (Å²) in [4.78, 5) is 71.8. The Hall–Kier alpha value is -5.73. The topological polar surface area (TPSA) is 156 Å². The van der Waals surface area contributed by atoms with Crippen LogP contribution in [-0.4, -0.2) is 43.4 Å². The van der Waals surface area contributed by atoms with Gasteiger partial charge in [0.25, 0.3) is 5.69 Å². The first-order chi connectivity index (χ1) is 26.2. The zero-order valence-electron chi connectivity index (χ0n) is 29.5. The zero-order valence-corrected chi connectivity index (χ0v) is 31.1. The number of thiophene rings is 1. The normalized spacial score (nSPS) is 26.1. The Balaban J connectivity index is 1.14. The minimum Gasteiger partial charge on any atom is -0.505 e. The molecule has 15 heteroatoms. The molecule has 2 aromatic heterocycles. The molecule has 5 aromatic rings. The Labute approximate surface area is 321 Å². The zero-order chi connectivity index (χ0) is 38.8. The number of anilines is 2. The lowest BCUT2D eigenvalue weighted by Crippen LogP contribution is -2.49. The Kier molecular flexibility index (Phi) is 7.72. The van der Waals surface area contributed by atoms with E-state index in [1.807, 2.05) is 31.2 Å². The third-order valence-corrected chi connectivity index (χ3v) is 13.6. The molecule has 0 bridgehead atoms. The highest BCUT2D eigenvalue weighted by Gasteiger charge is 2.68. The number of carbonyl (C=O) groups is 4. The molecule has 4 amide bonds. The number of imide groups is 2. The number of hydrogen-bond acceptors (Lipinski definition) is 9. The van der Waals surface area contributed by atoms with E-state index in [-0.39, 0.29) is 30.0 Å². The summed E-state index contributed by atoms with van der Waals surface area (Å²) in [5.41, 5.74) is 1.04. The van der Waals surface area contributed by atoms with Crippen LogP contribution in [0, 0.1) is 51.9 Å². The molecule has 1 saturated carbocycles. The summed E-state index contributed by atoms with van der Waals surface area (Å²) in [7, 11) is 1.65. The number of non-ortho nitro benzene ring substituents is 1. The van der Waals surface area contributed by atoms with Crippen LogP contribution >= 0.6 is 22.9 Å². The number of nitro groups is 1. The van der Waals surface area contributed by atoms with Gasteiger partial charge in [-0.05, 0) is 91.6 Å². The second-order valence-corrected chi connectivity index (χ2v) is 16.4. The smallest absolute Gasteiger partial charge is 0.269 e. The molecule has 3 fully saturated rings. The van der Waals surface area contributed by atoms with Gasteiger partial charge in [0.1, 0.15) is 11.5 Å². The molecule has 3 aromatic carbocycles. The lowest BCUT2D eigenvalue weighted by Gasteiger charge is -2.49. The van der Waals surface area contributed by atoms with Gasteiger partial charge < -0.3 is 5.11 Å². The van der Waals surface area contributed by atoms with Gasteiger partial charge in [0.2, 0.25) is 23.6 Å². The molecule has 278 valence electrons. The third kappa shape index (κ3) is 4.90. The van der Waals surface area contributed by atoms with Crippen LogP contribution in [0.5, 0.6) is 5.75 Å². The number of fused-ring (bicyclic) bond motifs is 5. The number of hydrogen-bond donors (Lipinski definition) is 1. The second-order valence-electron chi connectivity index (χ2n) is 14.9. The Morgan fingerprint density at radius 3 is 2.44 bits per heavy atom. The SMILES string of the molecule is Cc1c(-c2cc(N3C(=O)C4CC5C(=CCC6C(=O)N(c7ccc([N+](=O)[O-])cc7)C(=O)C65)C(c5ccc(O)c(F)c5)C4(C)C3=O)n(C)n2)sc2ccc(Cl)cc12. The first kappa shape index (κ1) is 35.0. The van der Waals surface area contributed by atoms with Crippen molar-refractivity contribution >= 4 is 73.8 Å². The lowest BCUT2D eigenvalue weighted by atomic mass is 9.51. The summed E-state index contributed by atoms with van der Waals surface area (Å²) in [6, 6.07) is 16.4. The van der Waals surface area contributed by atoms with Gasteiger partial charge in [-0.2, -0.15) is 5.10 Å². The van der Waals surface area contributed by atoms with E-state index in [4.69, 9.17) is 16.7 Å². The number of halogens is 2. The van der Waals surface area contributed by atoms with E-state index in [9.17, 15) is 34.4 Å². The first-order valence-electron chi connectivity index (χ1n) is 17.6. The fourth-order valence-electron chi connectivity index (χ4n) is 9.51. The van der Waals surface area contributed by atoms with Gasteiger partial charge in [-0.25, -0.2) is 9.29 Å². The van der Waals surface area contributed by atoms with E-state index >= 15 is 4.39 Å². The van der Waals surface area contributed by atoms with Crippen LogP contribution in [0.15, 0.2) is 78.4 Å². The Bertz CT molecular complexity index is 2600. The number of benzene rings is 3. The van der Waals surface area contributed by atoms with Gasteiger partial charge in [-0.3, -0.25) is 38.9 Å². The van der Waals surface area contributed by atoms with Crippen LogP contribution in [0.3, 0.4) is 0 Å². The van der Waals surface area contributed by atoms with E-state index in [1.165, 1.54) is 52.4 Å². The number of allylic oxidation sites excluding steroid dienone is 2. The molecule has 1 N–H and O–H groups in total. The van der Waals surface area contributed by atoms with Crippen molar-refractivity contribution in [1.82, 2.24) is 9.78 Å². The molecule has 2 saturated heterocycles. The summed E-state index contributed by atoms with van der Waals surface area (Å²) in [6.07, 6.45) is 2.06. The van der Waals surface area contributed by atoms with Crippen molar-refractivity contribution in [1.29, 1.82) is 0 Å². The number of rotatable bonds is 5. The summed E-state index contributed by atoms with van der Waals surface area (Å²) in [5, 5.41) is 27.7. The highest BCUT2D eigenvalue weighted by atomic mass is 35.5. The van der Waals surface area contributed by atoms with Crippen molar-refractivity contribution in [3.63, 3.8) is 0 Å². The van der Waals surface area contributed by atoms with Crippen LogP contribution in [0.4, 0.5) is 21.6 Å². The third-order valence-electron chi connectivity index (χ3n) is 12.1. The number of carbonyl (C=O) groups excluding carboxylic acids is 4. The van der Waals surface area contributed by atoms with E-state index in [2.05, 4.69) is 0 Å². The molecule has 55 heavy (non-hydrogen) atoms. The number of phenols is 1. The van der Waals surface area contributed by atoms with E-state index in [0.717, 1.165) is 36.4 Å². The summed E-state index contributed by atoms with van der Waals surface area (Å²) < 4.78 is 17.6. The van der Waals surface area contributed by atoms with Crippen LogP contribution in [0.25, 0.3) is 20.7 Å². The first-order valence-corrected chi connectivity index (χ1v) is 18.8. The second kappa shape index (κ2) is 12.1. The van der Waals surface area contributed by atoms with Crippen molar-refractivity contribution in [2.24, 2.45) is 36.1 Å². The van der Waals surface area contributed by atoms with Gasteiger partial charge in [-0.1, -0.05) is 29.3 Å². The summed E-state index contributed by atoms with van der Waals surface area (Å²) >= 11 is 7.80. The molecule has 4 aliphatic rings. The molecule has 9 rings (SSSR count). The van der Waals surface area contributed by atoms with Crippen molar-refractivity contribution < 1.29 is 33.6 Å². The van der Waals surface area contributed by atoms with Gasteiger partial charge in [-0.15, -0.1) is 11.3 Å². The Morgan fingerprint density at radius 1 is 0.982 bits per heavy atom. The number of nitrogens with zero attached hydrogens (tertiary/aromatic N) is 5. The molecule has 2 aliphatic carbocycles. The monoisotopic (exact) mass is 779 g/mol. The molecule has 0 spiro atoms. The standard InChI is InChI=1S/C40H31ClFN5O7S/c1-18-25-15-20(41)5-13-31(25)55-35(18)29-17-32(44(3)43-29)46-37(50)27-16-26-23(34(40(27,2)39(46)52)19-4-12-30(48)28(42)14-19)10-11-24-33(26)38(51)45(36(24)49)21-6-8-22(9-7-21)47(53)54/h4-10,12-15,17,24,26-27,33-34,48H,11,16H2,1-3H3. The molecule has 6 atom stereocenters. The van der Waals surface area contributed by atoms with Gasteiger partial charge in [0.15, 0.2) is 11.6 Å². The number of aromatic hydroxyl groups is 1. The van der Waals surface area contributed by atoms with Gasteiger partial charge >= 0.3 is 0 Å². The number of amides is 4. The molecule has 4 heterocycles. The lowest BCUT2D eigenvalue weighted by molar-refractivity contribution is -0.384. The van der Waals surface area contributed by atoms with E-state index < -0.39 is 75.1 Å². The number of phenolic OH excluding ortho intramolecular Hbond substituents is 1. The van der Waals surface area contributed by atoms with Crippen molar-refractivity contribution in [2.75, 3.05) is 9.80 Å². The highest BCUT2D eigenvalue weighted by molar-refractivity contribution is 7.22. The van der Waals surface area contributed by atoms with Crippen molar-refractivity contribution in [2.45, 2.75) is 32.6 Å². The van der Waals surface area contributed by atoms with Crippen molar-refractivity contribution in [3.05, 3.63) is 110 Å². The fraction of sp³-hybridized carbons (Fsp3) is 0.275. The molecule has 0 radical (unpaired) electrons. The maximum absolute atomic E-state index is 15.1. The minimum atomic E-state index is -1.45.